The SMILES string of the molecule is O=C(N1CCCC(Nc2ccc(F)cc2)C1)C12CC3CC(CC(C3)C1)C2. The van der Waals surface area contributed by atoms with Crippen molar-refractivity contribution in [1.82, 2.24) is 4.90 Å². The first-order valence-corrected chi connectivity index (χ1v) is 10.4. The molecule has 0 spiro atoms. The van der Waals surface area contributed by atoms with Crippen molar-refractivity contribution in [2.75, 3.05) is 18.4 Å². The summed E-state index contributed by atoms with van der Waals surface area (Å²) in [6.07, 6.45) is 9.68. The van der Waals surface area contributed by atoms with E-state index in [1.165, 1.54) is 31.4 Å². The van der Waals surface area contributed by atoms with Gasteiger partial charge in [0.05, 0.1) is 5.41 Å². The zero-order chi connectivity index (χ0) is 17.7. The molecule has 4 heteroatoms. The fourth-order valence-electron chi connectivity index (χ4n) is 6.77. The maximum Gasteiger partial charge on any atom is 0.228 e. The fraction of sp³-hybridized carbons (Fsp3) is 0.682. The quantitative estimate of drug-likeness (QED) is 0.868. The summed E-state index contributed by atoms with van der Waals surface area (Å²) in [6.45, 7) is 1.69. The zero-order valence-corrected chi connectivity index (χ0v) is 15.4. The second kappa shape index (κ2) is 6.24. The van der Waals surface area contributed by atoms with Crippen molar-refractivity contribution in [3.8, 4) is 0 Å². The van der Waals surface area contributed by atoms with Crippen LogP contribution in [-0.2, 0) is 4.79 Å². The second-order valence-corrected chi connectivity index (χ2v) is 9.44. The van der Waals surface area contributed by atoms with E-state index >= 15 is 0 Å². The van der Waals surface area contributed by atoms with Gasteiger partial charge in [0.25, 0.3) is 0 Å². The third-order valence-corrected chi connectivity index (χ3v) is 7.42. The van der Waals surface area contributed by atoms with Gasteiger partial charge in [-0.05, 0) is 93.4 Å². The Balaban J connectivity index is 1.28. The molecule has 1 aromatic carbocycles. The van der Waals surface area contributed by atoms with Gasteiger partial charge in [-0.1, -0.05) is 0 Å². The normalized spacial score (nSPS) is 38.4. The Bertz CT molecular complexity index is 651. The van der Waals surface area contributed by atoms with E-state index < -0.39 is 0 Å². The van der Waals surface area contributed by atoms with E-state index in [1.54, 1.807) is 12.1 Å². The van der Waals surface area contributed by atoms with Crippen LogP contribution in [0.3, 0.4) is 0 Å². The molecule has 5 fully saturated rings. The molecular formula is C22H29FN2O. The summed E-state index contributed by atoms with van der Waals surface area (Å²) in [6, 6.07) is 6.82. The lowest BCUT2D eigenvalue weighted by molar-refractivity contribution is -0.158. The van der Waals surface area contributed by atoms with Gasteiger partial charge in [0.2, 0.25) is 5.91 Å². The number of piperidine rings is 1. The van der Waals surface area contributed by atoms with Crippen molar-refractivity contribution in [3.63, 3.8) is 0 Å². The molecule has 3 nitrogen and oxygen atoms in total. The van der Waals surface area contributed by atoms with Crippen LogP contribution < -0.4 is 5.32 Å². The number of rotatable bonds is 3. The van der Waals surface area contributed by atoms with Gasteiger partial charge in [0.15, 0.2) is 0 Å². The summed E-state index contributed by atoms with van der Waals surface area (Å²) in [7, 11) is 0. The third kappa shape index (κ3) is 2.91. The number of nitrogens with zero attached hydrogens (tertiary/aromatic N) is 1. The van der Waals surface area contributed by atoms with Crippen LogP contribution in [0.15, 0.2) is 24.3 Å². The lowest BCUT2D eigenvalue weighted by Crippen LogP contribution is -2.57. The predicted octanol–water partition coefficient (Wildman–Crippen LogP) is 4.45. The summed E-state index contributed by atoms with van der Waals surface area (Å²) >= 11 is 0. The summed E-state index contributed by atoms with van der Waals surface area (Å²) in [5, 5.41) is 3.51. The number of anilines is 1. The second-order valence-electron chi connectivity index (χ2n) is 9.44. The Labute approximate surface area is 155 Å². The zero-order valence-electron chi connectivity index (χ0n) is 15.4. The Morgan fingerprint density at radius 2 is 1.65 bits per heavy atom. The molecule has 4 saturated carbocycles. The predicted molar refractivity (Wildman–Crippen MR) is 100 cm³/mol. The molecule has 5 aliphatic rings. The number of likely N-dealkylation sites (tertiary alicyclic amines) is 1. The fourth-order valence-corrected chi connectivity index (χ4v) is 6.77. The third-order valence-electron chi connectivity index (χ3n) is 7.42. The molecule has 1 unspecified atom stereocenters. The first-order valence-electron chi connectivity index (χ1n) is 10.4. The van der Waals surface area contributed by atoms with Crippen molar-refractivity contribution >= 4 is 11.6 Å². The average Bonchev–Trinajstić information content (AvgIpc) is 2.62. The van der Waals surface area contributed by atoms with Crippen molar-refractivity contribution in [3.05, 3.63) is 30.1 Å². The standard InChI is InChI=1S/C22H29FN2O/c23-18-3-5-19(6-4-18)24-20-2-1-7-25(14-20)21(26)22-11-15-8-16(12-22)10-17(9-15)13-22/h3-6,15-17,20,24H,1-2,7-14H2. The summed E-state index contributed by atoms with van der Waals surface area (Å²) < 4.78 is 13.1. The highest BCUT2D eigenvalue weighted by Gasteiger charge is 2.55. The Hall–Kier alpha value is -1.58. The molecule has 140 valence electrons. The van der Waals surface area contributed by atoms with Gasteiger partial charge < -0.3 is 10.2 Å². The van der Waals surface area contributed by atoms with Crippen LogP contribution in [0, 0.1) is 29.0 Å². The van der Waals surface area contributed by atoms with Crippen LogP contribution in [0.25, 0.3) is 0 Å². The van der Waals surface area contributed by atoms with E-state index in [1.807, 2.05) is 0 Å². The Morgan fingerprint density at radius 3 is 2.27 bits per heavy atom. The lowest BCUT2D eigenvalue weighted by atomic mass is 9.49. The minimum atomic E-state index is -0.210. The van der Waals surface area contributed by atoms with Crippen LogP contribution in [0.2, 0.25) is 0 Å². The van der Waals surface area contributed by atoms with Crippen molar-refractivity contribution < 1.29 is 9.18 Å². The number of carbonyl (C=O) groups excluding carboxylic acids is 1. The van der Waals surface area contributed by atoms with Crippen molar-refractivity contribution in [1.29, 1.82) is 0 Å². The first-order chi connectivity index (χ1) is 12.6. The maximum absolute atomic E-state index is 13.5. The number of hydrogen-bond donors (Lipinski definition) is 1. The lowest BCUT2D eigenvalue weighted by Gasteiger charge is -2.57. The topological polar surface area (TPSA) is 32.3 Å². The highest BCUT2D eigenvalue weighted by Crippen LogP contribution is 2.60. The molecule has 1 N–H and O–H groups in total. The molecule has 4 bridgehead atoms. The minimum absolute atomic E-state index is 0.0352. The van der Waals surface area contributed by atoms with Crippen molar-refractivity contribution in [2.45, 2.75) is 57.4 Å². The monoisotopic (exact) mass is 356 g/mol. The molecule has 6 rings (SSSR count). The van der Waals surface area contributed by atoms with E-state index in [0.29, 0.717) is 5.91 Å². The van der Waals surface area contributed by atoms with Gasteiger partial charge in [-0.15, -0.1) is 0 Å². The maximum atomic E-state index is 13.5. The largest absolute Gasteiger partial charge is 0.381 e. The first kappa shape index (κ1) is 16.6. The average molecular weight is 356 g/mol. The molecule has 4 aliphatic carbocycles. The van der Waals surface area contributed by atoms with Crippen LogP contribution in [0.1, 0.15) is 51.4 Å². The molecule has 0 radical (unpaired) electrons. The van der Waals surface area contributed by atoms with Crippen molar-refractivity contribution in [2.24, 2.45) is 23.2 Å². The highest BCUT2D eigenvalue weighted by atomic mass is 19.1. The van der Waals surface area contributed by atoms with Gasteiger partial charge in [-0.3, -0.25) is 4.79 Å². The number of amides is 1. The Kier molecular flexibility index (Phi) is 3.98. The molecule has 1 amide bonds. The van der Waals surface area contributed by atoms with Crippen LogP contribution in [0.5, 0.6) is 0 Å². The summed E-state index contributed by atoms with van der Waals surface area (Å²) in [5.74, 6) is 2.66. The number of hydrogen-bond acceptors (Lipinski definition) is 2. The van der Waals surface area contributed by atoms with Crippen LogP contribution in [0.4, 0.5) is 10.1 Å². The molecule has 0 aromatic heterocycles. The molecule has 1 heterocycles. The molecule has 1 aliphatic heterocycles. The van der Waals surface area contributed by atoms with E-state index in [-0.39, 0.29) is 17.3 Å². The molecular weight excluding hydrogens is 327 g/mol. The van der Waals surface area contributed by atoms with Gasteiger partial charge in [0, 0.05) is 24.8 Å². The van der Waals surface area contributed by atoms with E-state index in [2.05, 4.69) is 10.2 Å². The van der Waals surface area contributed by atoms with Gasteiger partial charge in [-0.25, -0.2) is 4.39 Å². The molecule has 1 saturated heterocycles. The number of halogens is 1. The highest BCUT2D eigenvalue weighted by molar-refractivity contribution is 5.83. The minimum Gasteiger partial charge on any atom is -0.381 e. The van der Waals surface area contributed by atoms with E-state index in [9.17, 15) is 9.18 Å². The van der Waals surface area contributed by atoms with Crippen LogP contribution in [-0.4, -0.2) is 29.9 Å². The Morgan fingerprint density at radius 1 is 1.04 bits per heavy atom. The number of benzene rings is 1. The number of nitrogens with one attached hydrogen (secondary N) is 1. The van der Waals surface area contributed by atoms with Gasteiger partial charge in [0.1, 0.15) is 5.82 Å². The molecule has 1 atom stereocenters. The number of carbonyl (C=O) groups is 1. The van der Waals surface area contributed by atoms with E-state index in [4.69, 9.17) is 0 Å². The summed E-state index contributed by atoms with van der Waals surface area (Å²) in [4.78, 5) is 15.7. The van der Waals surface area contributed by atoms with E-state index in [0.717, 1.165) is 68.6 Å². The van der Waals surface area contributed by atoms with Gasteiger partial charge in [-0.2, -0.15) is 0 Å². The smallest absolute Gasteiger partial charge is 0.228 e. The van der Waals surface area contributed by atoms with Crippen LogP contribution >= 0.6 is 0 Å². The molecule has 1 aromatic rings. The summed E-state index contributed by atoms with van der Waals surface area (Å²) in [5.41, 5.74) is 0.910. The van der Waals surface area contributed by atoms with Gasteiger partial charge >= 0.3 is 0 Å². The molecule has 26 heavy (non-hydrogen) atoms.